The number of carbonyl (C=O) groups is 1. The molecule has 0 saturated carbocycles. The molecule has 1 aromatic carbocycles. The third-order valence-corrected chi connectivity index (χ3v) is 9.17. The molecule has 0 aliphatic carbocycles. The Balaban J connectivity index is 1.81. The minimum absolute atomic E-state index is 0.0257. The number of nitrogens with zero attached hydrogens (tertiary/aromatic N) is 3. The zero-order valence-electron chi connectivity index (χ0n) is 16.1. The van der Waals surface area contributed by atoms with Gasteiger partial charge >= 0.3 is 0 Å². The van der Waals surface area contributed by atoms with Gasteiger partial charge in [-0.15, -0.1) is 0 Å². The molecule has 0 radical (unpaired) electrons. The third-order valence-electron chi connectivity index (χ3n) is 5.33. The summed E-state index contributed by atoms with van der Waals surface area (Å²) in [7, 11) is -7.02. The van der Waals surface area contributed by atoms with E-state index >= 15 is 0 Å². The fraction of sp³-hybridized carbons (Fsp3) is 0.611. The quantitative estimate of drug-likeness (QED) is 0.695. The van der Waals surface area contributed by atoms with Crippen molar-refractivity contribution >= 4 is 26.0 Å². The van der Waals surface area contributed by atoms with E-state index in [0.717, 1.165) is 19.3 Å². The predicted molar refractivity (Wildman–Crippen MR) is 106 cm³/mol. The molecular formula is C18H27N3O5S2. The third kappa shape index (κ3) is 4.24. The van der Waals surface area contributed by atoms with Crippen LogP contribution in [0.25, 0.3) is 0 Å². The van der Waals surface area contributed by atoms with Gasteiger partial charge in [-0.25, -0.2) is 16.8 Å². The second-order valence-corrected chi connectivity index (χ2v) is 11.2. The smallest absolute Gasteiger partial charge is 0.255 e. The number of rotatable bonds is 5. The van der Waals surface area contributed by atoms with Crippen molar-refractivity contribution in [2.24, 2.45) is 0 Å². The fourth-order valence-corrected chi connectivity index (χ4v) is 6.42. The van der Waals surface area contributed by atoms with E-state index < -0.39 is 20.0 Å². The topological polar surface area (TPSA) is 95.1 Å². The molecule has 2 fully saturated rings. The molecule has 0 spiro atoms. The monoisotopic (exact) mass is 429 g/mol. The molecule has 2 heterocycles. The molecule has 0 aromatic heterocycles. The molecule has 10 heteroatoms. The molecule has 1 aromatic rings. The van der Waals surface area contributed by atoms with Crippen LogP contribution in [0.15, 0.2) is 29.2 Å². The summed E-state index contributed by atoms with van der Waals surface area (Å²) in [5.41, 5.74) is 0.153. The number of hydrogen-bond donors (Lipinski definition) is 0. The molecule has 28 heavy (non-hydrogen) atoms. The first-order chi connectivity index (χ1) is 13.3. The van der Waals surface area contributed by atoms with Crippen LogP contribution in [0, 0.1) is 0 Å². The van der Waals surface area contributed by atoms with Crippen LogP contribution >= 0.6 is 0 Å². The van der Waals surface area contributed by atoms with Gasteiger partial charge in [0.25, 0.3) is 5.91 Å². The first-order valence-electron chi connectivity index (χ1n) is 9.63. The Morgan fingerprint density at radius 2 is 1.46 bits per heavy atom. The maximum atomic E-state index is 13.1. The lowest BCUT2D eigenvalue weighted by molar-refractivity contribution is 0.0694. The molecule has 2 saturated heterocycles. The van der Waals surface area contributed by atoms with Gasteiger partial charge < -0.3 is 4.90 Å². The van der Waals surface area contributed by atoms with Gasteiger partial charge in [-0.05, 0) is 31.9 Å². The zero-order valence-corrected chi connectivity index (χ0v) is 17.7. The van der Waals surface area contributed by atoms with Crippen LogP contribution in [0.2, 0.25) is 0 Å². The van der Waals surface area contributed by atoms with E-state index in [4.69, 9.17) is 0 Å². The van der Waals surface area contributed by atoms with Crippen molar-refractivity contribution in [2.45, 2.75) is 31.1 Å². The summed E-state index contributed by atoms with van der Waals surface area (Å²) in [6.07, 6.45) is 2.66. The maximum absolute atomic E-state index is 13.1. The average molecular weight is 430 g/mol. The van der Waals surface area contributed by atoms with Gasteiger partial charge in [0, 0.05) is 39.3 Å². The highest BCUT2D eigenvalue weighted by Crippen LogP contribution is 2.25. The lowest BCUT2D eigenvalue weighted by atomic mass is 10.2. The number of hydrogen-bond acceptors (Lipinski definition) is 5. The second kappa shape index (κ2) is 8.48. The Hall–Kier alpha value is -1.49. The summed E-state index contributed by atoms with van der Waals surface area (Å²) < 4.78 is 53.0. The lowest BCUT2D eigenvalue weighted by Crippen LogP contribution is -2.51. The number of piperazine rings is 1. The fourth-order valence-electron chi connectivity index (χ4n) is 3.63. The minimum atomic E-state index is -3.73. The SMILES string of the molecule is CCS(=O)(=O)N1CCN(C(=O)c2ccccc2S(=O)(=O)N2CCCCC2)CC1. The summed E-state index contributed by atoms with van der Waals surface area (Å²) in [4.78, 5) is 14.6. The van der Waals surface area contributed by atoms with Crippen LogP contribution < -0.4 is 0 Å². The summed E-state index contributed by atoms with van der Waals surface area (Å²) in [6.45, 7) is 3.48. The number of benzene rings is 1. The average Bonchev–Trinajstić information content (AvgIpc) is 2.74. The van der Waals surface area contributed by atoms with Gasteiger partial charge in [-0.3, -0.25) is 4.79 Å². The molecule has 2 aliphatic rings. The van der Waals surface area contributed by atoms with E-state index in [9.17, 15) is 21.6 Å². The summed E-state index contributed by atoms with van der Waals surface area (Å²) in [6, 6.07) is 6.29. The maximum Gasteiger partial charge on any atom is 0.255 e. The van der Waals surface area contributed by atoms with Crippen LogP contribution in [-0.4, -0.2) is 81.3 Å². The second-order valence-electron chi connectivity index (χ2n) is 7.05. The van der Waals surface area contributed by atoms with Crippen molar-refractivity contribution in [1.29, 1.82) is 0 Å². The van der Waals surface area contributed by atoms with E-state index in [1.807, 2.05) is 0 Å². The van der Waals surface area contributed by atoms with Crippen LogP contribution in [0.5, 0.6) is 0 Å². The Morgan fingerprint density at radius 3 is 2.07 bits per heavy atom. The molecule has 0 N–H and O–H groups in total. The molecule has 0 bridgehead atoms. The summed E-state index contributed by atoms with van der Waals surface area (Å²) in [5.74, 6) is -0.345. The van der Waals surface area contributed by atoms with Crippen molar-refractivity contribution in [1.82, 2.24) is 13.5 Å². The van der Waals surface area contributed by atoms with Crippen LogP contribution in [0.4, 0.5) is 0 Å². The minimum Gasteiger partial charge on any atom is -0.336 e. The Labute approximate surface area is 167 Å². The van der Waals surface area contributed by atoms with E-state index in [1.165, 1.54) is 25.6 Å². The van der Waals surface area contributed by atoms with Gasteiger partial charge in [0.15, 0.2) is 0 Å². The largest absolute Gasteiger partial charge is 0.336 e. The molecule has 1 amide bonds. The van der Waals surface area contributed by atoms with Crippen LogP contribution in [-0.2, 0) is 20.0 Å². The molecule has 2 aliphatic heterocycles. The van der Waals surface area contributed by atoms with Gasteiger partial charge in [0.05, 0.1) is 16.2 Å². The number of amides is 1. The molecule has 0 unspecified atom stereocenters. The Bertz CT molecular complexity index is 916. The van der Waals surface area contributed by atoms with Gasteiger partial charge in [0.2, 0.25) is 20.0 Å². The van der Waals surface area contributed by atoms with Gasteiger partial charge in [-0.2, -0.15) is 8.61 Å². The van der Waals surface area contributed by atoms with Crippen LogP contribution in [0.1, 0.15) is 36.5 Å². The summed E-state index contributed by atoms with van der Waals surface area (Å²) >= 11 is 0. The van der Waals surface area contributed by atoms with Crippen molar-refractivity contribution in [3.63, 3.8) is 0 Å². The Morgan fingerprint density at radius 1 is 0.857 bits per heavy atom. The van der Waals surface area contributed by atoms with Crippen LogP contribution in [0.3, 0.4) is 0 Å². The van der Waals surface area contributed by atoms with Crippen molar-refractivity contribution < 1.29 is 21.6 Å². The van der Waals surface area contributed by atoms with Crippen molar-refractivity contribution in [3.05, 3.63) is 29.8 Å². The Kier molecular flexibility index (Phi) is 6.43. The zero-order chi connectivity index (χ0) is 20.4. The standard InChI is InChI=1S/C18H27N3O5S2/c1-2-27(23,24)20-14-12-19(13-15-20)18(22)16-8-4-5-9-17(16)28(25,26)21-10-6-3-7-11-21/h4-5,8-9H,2-3,6-7,10-15H2,1H3. The molecular weight excluding hydrogens is 402 g/mol. The van der Waals surface area contributed by atoms with E-state index in [1.54, 1.807) is 19.1 Å². The number of carbonyl (C=O) groups excluding carboxylic acids is 1. The molecule has 8 nitrogen and oxygen atoms in total. The van der Waals surface area contributed by atoms with E-state index in [-0.39, 0.29) is 48.3 Å². The number of piperidine rings is 1. The highest BCUT2D eigenvalue weighted by molar-refractivity contribution is 7.89. The molecule has 0 atom stereocenters. The predicted octanol–water partition coefficient (Wildman–Crippen LogP) is 0.969. The van der Waals surface area contributed by atoms with Crippen molar-refractivity contribution in [2.75, 3.05) is 45.0 Å². The highest BCUT2D eigenvalue weighted by Gasteiger charge is 2.33. The van der Waals surface area contributed by atoms with Crippen molar-refractivity contribution in [3.8, 4) is 0 Å². The molecule has 156 valence electrons. The van der Waals surface area contributed by atoms with Gasteiger partial charge in [-0.1, -0.05) is 18.6 Å². The van der Waals surface area contributed by atoms with E-state index in [2.05, 4.69) is 0 Å². The van der Waals surface area contributed by atoms with Gasteiger partial charge in [0.1, 0.15) is 0 Å². The lowest BCUT2D eigenvalue weighted by Gasteiger charge is -2.34. The first kappa shape index (κ1) is 21.2. The van der Waals surface area contributed by atoms with E-state index in [0.29, 0.717) is 13.1 Å². The summed E-state index contributed by atoms with van der Waals surface area (Å²) in [5, 5.41) is 0. The first-order valence-corrected chi connectivity index (χ1v) is 12.7. The molecule has 3 rings (SSSR count). The normalized spacial score (nSPS) is 20.2. The number of sulfonamides is 2. The highest BCUT2D eigenvalue weighted by atomic mass is 32.2.